The van der Waals surface area contributed by atoms with Gasteiger partial charge in [0.1, 0.15) is 5.75 Å². The molecule has 1 amide bonds. The molecule has 1 aromatic carbocycles. The molecule has 0 atom stereocenters. The standard InChI is InChI=1S/C19H27ClN2O2/c1-21(2)14-4-5-15-6-10-17(11-7-15)22(3)19(23)24-18-12-8-16(20)9-13-18/h4-5,8-9,12-13,15,17H,6-7,10-11,14H2,1-3H3/t15-,17-. The summed E-state index contributed by atoms with van der Waals surface area (Å²) < 4.78 is 5.41. The molecule has 0 saturated heterocycles. The van der Waals surface area contributed by atoms with Gasteiger partial charge in [-0.15, -0.1) is 0 Å². The van der Waals surface area contributed by atoms with E-state index in [-0.39, 0.29) is 12.1 Å². The van der Waals surface area contributed by atoms with E-state index in [1.165, 1.54) is 0 Å². The van der Waals surface area contributed by atoms with E-state index in [1.54, 1.807) is 29.2 Å². The Morgan fingerprint density at radius 1 is 1.17 bits per heavy atom. The van der Waals surface area contributed by atoms with Crippen LogP contribution < -0.4 is 4.74 Å². The summed E-state index contributed by atoms with van der Waals surface area (Å²) in [5.74, 6) is 1.15. The van der Waals surface area contributed by atoms with Crippen LogP contribution in [0.2, 0.25) is 5.02 Å². The molecule has 0 bridgehead atoms. The first-order valence-corrected chi connectivity index (χ1v) is 8.85. The maximum absolute atomic E-state index is 12.3. The number of hydrogen-bond acceptors (Lipinski definition) is 3. The lowest BCUT2D eigenvalue weighted by molar-refractivity contribution is 0.128. The molecule has 0 aromatic heterocycles. The smallest absolute Gasteiger partial charge is 0.410 e. The van der Waals surface area contributed by atoms with Crippen molar-refractivity contribution in [2.24, 2.45) is 5.92 Å². The third kappa shape index (κ3) is 5.84. The first-order valence-electron chi connectivity index (χ1n) is 8.47. The number of carbonyl (C=O) groups excluding carboxylic acids is 1. The molecule has 0 aliphatic heterocycles. The van der Waals surface area contributed by atoms with Crippen molar-refractivity contribution in [1.82, 2.24) is 9.80 Å². The number of rotatable bonds is 5. The molecule has 4 nitrogen and oxygen atoms in total. The molecule has 1 fully saturated rings. The van der Waals surface area contributed by atoms with Crippen molar-refractivity contribution in [3.8, 4) is 5.75 Å². The summed E-state index contributed by atoms with van der Waals surface area (Å²) in [5, 5.41) is 0.629. The second-order valence-electron chi connectivity index (χ2n) is 6.69. The van der Waals surface area contributed by atoms with E-state index < -0.39 is 0 Å². The summed E-state index contributed by atoms with van der Waals surface area (Å²) in [6, 6.07) is 7.11. The highest BCUT2D eigenvalue weighted by molar-refractivity contribution is 6.30. The van der Waals surface area contributed by atoms with Crippen LogP contribution in [0.3, 0.4) is 0 Å². The van der Waals surface area contributed by atoms with Crippen molar-refractivity contribution in [2.75, 3.05) is 27.7 Å². The molecule has 1 aliphatic carbocycles. The van der Waals surface area contributed by atoms with Crippen molar-refractivity contribution >= 4 is 17.7 Å². The van der Waals surface area contributed by atoms with Crippen LogP contribution in [0.15, 0.2) is 36.4 Å². The Balaban J connectivity index is 1.79. The van der Waals surface area contributed by atoms with Gasteiger partial charge in [0, 0.05) is 24.7 Å². The van der Waals surface area contributed by atoms with Gasteiger partial charge in [0.2, 0.25) is 0 Å². The third-order valence-electron chi connectivity index (χ3n) is 4.47. The Kier molecular flexibility index (Phi) is 7.13. The summed E-state index contributed by atoms with van der Waals surface area (Å²) in [6.07, 6.45) is 8.53. The van der Waals surface area contributed by atoms with E-state index in [2.05, 4.69) is 31.1 Å². The lowest BCUT2D eigenvalue weighted by atomic mass is 9.85. The first kappa shape index (κ1) is 18.8. The fourth-order valence-corrected chi connectivity index (χ4v) is 3.10. The van der Waals surface area contributed by atoms with Gasteiger partial charge in [-0.3, -0.25) is 0 Å². The number of halogens is 1. The maximum atomic E-state index is 12.3. The minimum atomic E-state index is -0.302. The molecule has 0 unspecified atom stereocenters. The van der Waals surface area contributed by atoms with Gasteiger partial charge >= 0.3 is 6.09 Å². The van der Waals surface area contributed by atoms with Crippen molar-refractivity contribution in [3.05, 3.63) is 41.4 Å². The highest BCUT2D eigenvalue weighted by atomic mass is 35.5. The molecule has 1 aliphatic rings. The maximum Gasteiger partial charge on any atom is 0.415 e. The topological polar surface area (TPSA) is 32.8 Å². The minimum Gasteiger partial charge on any atom is -0.410 e. The van der Waals surface area contributed by atoms with Crippen LogP contribution in [0, 0.1) is 5.92 Å². The van der Waals surface area contributed by atoms with Gasteiger partial charge in [0.25, 0.3) is 0 Å². The normalized spacial score (nSPS) is 21.2. The Labute approximate surface area is 150 Å². The molecular weight excluding hydrogens is 324 g/mol. The summed E-state index contributed by atoms with van der Waals surface area (Å²) in [6.45, 7) is 0.979. The van der Waals surface area contributed by atoms with E-state index in [4.69, 9.17) is 16.3 Å². The molecule has 132 valence electrons. The molecule has 0 N–H and O–H groups in total. The van der Waals surface area contributed by atoms with Crippen LogP contribution in [-0.2, 0) is 0 Å². The van der Waals surface area contributed by atoms with Gasteiger partial charge in [0.15, 0.2) is 0 Å². The Morgan fingerprint density at radius 3 is 2.38 bits per heavy atom. The Morgan fingerprint density at radius 2 is 1.79 bits per heavy atom. The lowest BCUT2D eigenvalue weighted by Crippen LogP contribution is -2.40. The summed E-state index contributed by atoms with van der Waals surface area (Å²) in [4.78, 5) is 16.2. The molecular formula is C19H27ClN2O2. The number of likely N-dealkylation sites (N-methyl/N-ethyl adjacent to an activating group) is 1. The third-order valence-corrected chi connectivity index (χ3v) is 4.73. The Hall–Kier alpha value is -1.52. The molecule has 5 heteroatoms. The SMILES string of the molecule is CN(C)CC=C[C@H]1CC[C@H](N(C)C(=O)Oc2ccc(Cl)cc2)CC1. The van der Waals surface area contributed by atoms with Gasteiger partial charge in [0.05, 0.1) is 0 Å². The van der Waals surface area contributed by atoms with Crippen LogP contribution in [0.5, 0.6) is 5.75 Å². The van der Waals surface area contributed by atoms with Crippen molar-refractivity contribution in [1.29, 1.82) is 0 Å². The molecule has 0 radical (unpaired) electrons. The summed E-state index contributed by atoms with van der Waals surface area (Å²) >= 11 is 5.84. The zero-order valence-electron chi connectivity index (χ0n) is 14.7. The van der Waals surface area contributed by atoms with E-state index in [9.17, 15) is 4.79 Å². The number of allylic oxidation sites excluding steroid dienone is 1. The van der Waals surface area contributed by atoms with Gasteiger partial charge in [-0.25, -0.2) is 4.79 Å². The van der Waals surface area contributed by atoms with E-state index in [0.29, 0.717) is 16.7 Å². The van der Waals surface area contributed by atoms with E-state index in [0.717, 1.165) is 32.2 Å². The lowest BCUT2D eigenvalue weighted by Gasteiger charge is -2.33. The largest absolute Gasteiger partial charge is 0.415 e. The fraction of sp³-hybridized carbons (Fsp3) is 0.526. The number of carbonyl (C=O) groups is 1. The quantitative estimate of drug-likeness (QED) is 0.735. The zero-order chi connectivity index (χ0) is 17.5. The van der Waals surface area contributed by atoms with Crippen molar-refractivity contribution in [2.45, 2.75) is 31.7 Å². The van der Waals surface area contributed by atoms with Crippen LogP contribution in [0.25, 0.3) is 0 Å². The summed E-state index contributed by atoms with van der Waals surface area (Å²) in [7, 11) is 5.97. The molecule has 2 rings (SSSR count). The van der Waals surface area contributed by atoms with Crippen LogP contribution >= 0.6 is 11.6 Å². The predicted octanol–water partition coefficient (Wildman–Crippen LogP) is 4.45. The van der Waals surface area contributed by atoms with Crippen LogP contribution in [0.4, 0.5) is 4.79 Å². The molecule has 1 aromatic rings. The van der Waals surface area contributed by atoms with Crippen molar-refractivity contribution < 1.29 is 9.53 Å². The Bertz CT molecular complexity index is 549. The fourth-order valence-electron chi connectivity index (χ4n) is 2.97. The van der Waals surface area contributed by atoms with E-state index in [1.807, 2.05) is 7.05 Å². The van der Waals surface area contributed by atoms with E-state index >= 15 is 0 Å². The average molecular weight is 351 g/mol. The second-order valence-corrected chi connectivity index (χ2v) is 7.13. The zero-order valence-corrected chi connectivity index (χ0v) is 15.5. The van der Waals surface area contributed by atoms with Gasteiger partial charge in [-0.05, 0) is 70.0 Å². The molecule has 0 spiro atoms. The number of ether oxygens (including phenoxy) is 1. The number of hydrogen-bond donors (Lipinski definition) is 0. The minimum absolute atomic E-state index is 0.253. The highest BCUT2D eigenvalue weighted by Gasteiger charge is 2.26. The van der Waals surface area contributed by atoms with Gasteiger partial charge in [-0.1, -0.05) is 23.8 Å². The summed E-state index contributed by atoms with van der Waals surface area (Å²) in [5.41, 5.74) is 0. The van der Waals surface area contributed by atoms with Crippen molar-refractivity contribution in [3.63, 3.8) is 0 Å². The number of benzene rings is 1. The molecule has 24 heavy (non-hydrogen) atoms. The number of nitrogens with zero attached hydrogens (tertiary/aromatic N) is 2. The van der Waals surface area contributed by atoms with Crippen LogP contribution in [0.1, 0.15) is 25.7 Å². The van der Waals surface area contributed by atoms with Gasteiger partial charge in [-0.2, -0.15) is 0 Å². The molecule has 1 saturated carbocycles. The monoisotopic (exact) mass is 350 g/mol. The van der Waals surface area contributed by atoms with Crippen LogP contribution in [-0.4, -0.2) is 49.6 Å². The molecule has 0 heterocycles. The number of amides is 1. The predicted molar refractivity (Wildman–Crippen MR) is 98.7 cm³/mol. The first-order chi connectivity index (χ1) is 11.5. The highest BCUT2D eigenvalue weighted by Crippen LogP contribution is 2.28. The van der Waals surface area contributed by atoms with Gasteiger partial charge < -0.3 is 14.5 Å². The second kappa shape index (κ2) is 9.09. The average Bonchev–Trinajstić information content (AvgIpc) is 2.56.